The second-order valence-electron chi connectivity index (χ2n) is 4.74. The lowest BCUT2D eigenvalue weighted by atomic mass is 10.1. The lowest BCUT2D eigenvalue weighted by molar-refractivity contribution is -0.137. The molecule has 0 amide bonds. The Balaban J connectivity index is 1.92. The number of hydrogen-bond donors (Lipinski definition) is 1. The van der Waals surface area contributed by atoms with Gasteiger partial charge >= 0.3 is 6.18 Å². The van der Waals surface area contributed by atoms with Gasteiger partial charge in [0.1, 0.15) is 5.76 Å². The fourth-order valence-corrected chi connectivity index (χ4v) is 1.96. The molecule has 2 aromatic rings. The highest BCUT2D eigenvalue weighted by molar-refractivity contribution is 5.47. The SMILES string of the molecule is CC(CCc1ccco1)Nc1cccc(C(F)(F)F)c1. The Labute approximate surface area is 115 Å². The number of alkyl halides is 3. The van der Waals surface area contributed by atoms with E-state index in [1.807, 2.05) is 19.1 Å². The molecule has 20 heavy (non-hydrogen) atoms. The molecule has 0 radical (unpaired) electrons. The molecule has 1 aromatic carbocycles. The van der Waals surface area contributed by atoms with Gasteiger partial charge in [-0.05, 0) is 43.7 Å². The van der Waals surface area contributed by atoms with Crippen LogP contribution in [-0.4, -0.2) is 6.04 Å². The summed E-state index contributed by atoms with van der Waals surface area (Å²) in [5.41, 5.74) is -0.160. The van der Waals surface area contributed by atoms with E-state index < -0.39 is 11.7 Å². The lowest BCUT2D eigenvalue weighted by Crippen LogP contribution is -2.16. The Hall–Kier alpha value is -1.91. The Morgan fingerprint density at radius 1 is 1.20 bits per heavy atom. The molecular formula is C15H16F3NO. The average Bonchev–Trinajstić information content (AvgIpc) is 2.89. The van der Waals surface area contributed by atoms with Crippen molar-refractivity contribution in [2.45, 2.75) is 32.0 Å². The second-order valence-corrected chi connectivity index (χ2v) is 4.74. The standard InChI is InChI=1S/C15H16F3NO/c1-11(7-8-14-6-3-9-20-14)19-13-5-2-4-12(10-13)15(16,17)18/h2-6,9-11,19H,7-8H2,1H3. The molecule has 0 bridgehead atoms. The summed E-state index contributed by atoms with van der Waals surface area (Å²) in [7, 11) is 0. The molecule has 1 aromatic heterocycles. The van der Waals surface area contributed by atoms with Crippen molar-refractivity contribution >= 4 is 5.69 Å². The Morgan fingerprint density at radius 2 is 2.00 bits per heavy atom. The van der Waals surface area contributed by atoms with E-state index in [1.165, 1.54) is 6.07 Å². The van der Waals surface area contributed by atoms with Crippen LogP contribution in [0.2, 0.25) is 0 Å². The number of aryl methyl sites for hydroxylation is 1. The summed E-state index contributed by atoms with van der Waals surface area (Å²) >= 11 is 0. The van der Waals surface area contributed by atoms with Crippen molar-refractivity contribution in [3.63, 3.8) is 0 Å². The maximum Gasteiger partial charge on any atom is 0.416 e. The van der Waals surface area contributed by atoms with Gasteiger partial charge in [0.05, 0.1) is 11.8 Å². The zero-order valence-electron chi connectivity index (χ0n) is 11.1. The van der Waals surface area contributed by atoms with Crippen LogP contribution in [0.25, 0.3) is 0 Å². The van der Waals surface area contributed by atoms with Crippen molar-refractivity contribution in [1.82, 2.24) is 0 Å². The van der Waals surface area contributed by atoms with Gasteiger partial charge in [-0.1, -0.05) is 6.07 Å². The van der Waals surface area contributed by atoms with Gasteiger partial charge < -0.3 is 9.73 Å². The zero-order chi connectivity index (χ0) is 14.6. The van der Waals surface area contributed by atoms with Crippen LogP contribution in [0.3, 0.4) is 0 Å². The van der Waals surface area contributed by atoms with Crippen molar-refractivity contribution < 1.29 is 17.6 Å². The number of rotatable bonds is 5. The van der Waals surface area contributed by atoms with Crippen molar-refractivity contribution in [2.24, 2.45) is 0 Å². The summed E-state index contributed by atoms with van der Waals surface area (Å²) in [5, 5.41) is 3.08. The monoisotopic (exact) mass is 283 g/mol. The van der Waals surface area contributed by atoms with Crippen molar-refractivity contribution in [1.29, 1.82) is 0 Å². The van der Waals surface area contributed by atoms with Crippen LogP contribution in [0.1, 0.15) is 24.7 Å². The van der Waals surface area contributed by atoms with Crippen LogP contribution < -0.4 is 5.32 Å². The van der Waals surface area contributed by atoms with Crippen LogP contribution in [0.4, 0.5) is 18.9 Å². The summed E-state index contributed by atoms with van der Waals surface area (Å²) in [6, 6.07) is 9.01. The largest absolute Gasteiger partial charge is 0.469 e. The number of anilines is 1. The Kier molecular flexibility index (Phi) is 4.37. The van der Waals surface area contributed by atoms with Crippen LogP contribution in [0.15, 0.2) is 47.1 Å². The quantitative estimate of drug-likeness (QED) is 0.858. The molecule has 1 atom stereocenters. The predicted octanol–water partition coefficient (Wildman–Crippen LogP) is 4.73. The molecular weight excluding hydrogens is 267 g/mol. The molecule has 0 fully saturated rings. The molecule has 0 aliphatic heterocycles. The summed E-state index contributed by atoms with van der Waals surface area (Å²) in [6.07, 6.45) is -1.17. The molecule has 0 saturated heterocycles. The summed E-state index contributed by atoms with van der Waals surface area (Å²) in [6.45, 7) is 1.93. The maximum absolute atomic E-state index is 12.6. The van der Waals surface area contributed by atoms with Gasteiger partial charge in [-0.3, -0.25) is 0 Å². The molecule has 108 valence electrons. The molecule has 5 heteroatoms. The van der Waals surface area contributed by atoms with Crippen LogP contribution >= 0.6 is 0 Å². The van der Waals surface area contributed by atoms with E-state index in [0.717, 1.165) is 30.7 Å². The minimum Gasteiger partial charge on any atom is -0.469 e. The van der Waals surface area contributed by atoms with Gasteiger partial charge in [-0.25, -0.2) is 0 Å². The smallest absolute Gasteiger partial charge is 0.416 e. The first kappa shape index (κ1) is 14.5. The third-order valence-corrected chi connectivity index (χ3v) is 3.01. The predicted molar refractivity (Wildman–Crippen MR) is 71.6 cm³/mol. The molecule has 1 N–H and O–H groups in total. The van der Waals surface area contributed by atoms with Gasteiger partial charge in [0, 0.05) is 18.2 Å². The first-order valence-electron chi connectivity index (χ1n) is 6.41. The van der Waals surface area contributed by atoms with Gasteiger partial charge in [-0.15, -0.1) is 0 Å². The third kappa shape index (κ3) is 4.05. The maximum atomic E-state index is 12.6. The van der Waals surface area contributed by atoms with Crippen LogP contribution in [0.5, 0.6) is 0 Å². The minimum absolute atomic E-state index is 0.0589. The summed E-state index contributed by atoms with van der Waals surface area (Å²) in [4.78, 5) is 0. The van der Waals surface area contributed by atoms with Gasteiger partial charge in [-0.2, -0.15) is 13.2 Å². The van der Waals surface area contributed by atoms with Crippen LogP contribution in [-0.2, 0) is 12.6 Å². The lowest BCUT2D eigenvalue weighted by Gasteiger charge is -2.16. The van der Waals surface area contributed by atoms with E-state index in [9.17, 15) is 13.2 Å². The van der Waals surface area contributed by atoms with E-state index >= 15 is 0 Å². The number of hydrogen-bond acceptors (Lipinski definition) is 2. The van der Waals surface area contributed by atoms with Crippen molar-refractivity contribution in [3.8, 4) is 0 Å². The van der Waals surface area contributed by atoms with E-state index in [1.54, 1.807) is 12.3 Å². The van der Waals surface area contributed by atoms with Crippen LogP contribution in [0, 0.1) is 0 Å². The molecule has 0 aliphatic carbocycles. The number of nitrogens with one attached hydrogen (secondary N) is 1. The van der Waals surface area contributed by atoms with Crippen molar-refractivity contribution in [2.75, 3.05) is 5.32 Å². The van der Waals surface area contributed by atoms with E-state index in [-0.39, 0.29) is 6.04 Å². The van der Waals surface area contributed by atoms with E-state index in [4.69, 9.17) is 4.42 Å². The number of halogens is 3. The Morgan fingerprint density at radius 3 is 2.65 bits per heavy atom. The van der Waals surface area contributed by atoms with Crippen molar-refractivity contribution in [3.05, 3.63) is 54.0 Å². The third-order valence-electron chi connectivity index (χ3n) is 3.01. The minimum atomic E-state index is -4.31. The summed E-state index contributed by atoms with van der Waals surface area (Å²) < 4.78 is 43.0. The molecule has 0 aliphatic rings. The highest BCUT2D eigenvalue weighted by Crippen LogP contribution is 2.30. The fourth-order valence-electron chi connectivity index (χ4n) is 1.96. The molecule has 2 nitrogen and oxygen atoms in total. The average molecular weight is 283 g/mol. The second kappa shape index (κ2) is 6.03. The number of benzene rings is 1. The topological polar surface area (TPSA) is 25.2 Å². The highest BCUT2D eigenvalue weighted by Gasteiger charge is 2.30. The molecule has 0 spiro atoms. The normalized spacial score (nSPS) is 13.2. The first-order valence-corrected chi connectivity index (χ1v) is 6.41. The van der Waals surface area contributed by atoms with Gasteiger partial charge in [0.15, 0.2) is 0 Å². The van der Waals surface area contributed by atoms with Gasteiger partial charge in [0.2, 0.25) is 0 Å². The summed E-state index contributed by atoms with van der Waals surface area (Å²) in [5.74, 6) is 0.877. The first-order chi connectivity index (χ1) is 9.45. The molecule has 1 heterocycles. The molecule has 0 saturated carbocycles. The number of furan rings is 1. The zero-order valence-corrected chi connectivity index (χ0v) is 11.1. The molecule has 1 unspecified atom stereocenters. The van der Waals surface area contributed by atoms with E-state index in [2.05, 4.69) is 5.32 Å². The highest BCUT2D eigenvalue weighted by atomic mass is 19.4. The van der Waals surface area contributed by atoms with E-state index in [0.29, 0.717) is 5.69 Å². The Bertz CT molecular complexity index is 534. The molecule has 2 rings (SSSR count). The van der Waals surface area contributed by atoms with Gasteiger partial charge in [0.25, 0.3) is 0 Å². The fraction of sp³-hybridized carbons (Fsp3) is 0.333.